The lowest BCUT2D eigenvalue weighted by atomic mass is 9.97. The van der Waals surface area contributed by atoms with Crippen LogP contribution in [0.15, 0.2) is 52.3 Å². The van der Waals surface area contributed by atoms with Gasteiger partial charge < -0.3 is 10.6 Å². The van der Waals surface area contributed by atoms with Crippen molar-refractivity contribution in [2.24, 2.45) is 5.92 Å². The molecule has 1 fully saturated rings. The van der Waals surface area contributed by atoms with Crippen molar-refractivity contribution in [2.45, 2.75) is 34.8 Å². The highest BCUT2D eigenvalue weighted by atomic mass is 32.2. The summed E-state index contributed by atoms with van der Waals surface area (Å²) in [6.07, 6.45) is 0.780. The van der Waals surface area contributed by atoms with Crippen LogP contribution in [0.4, 0.5) is 15.8 Å². The molecule has 2 N–H and O–H groups in total. The SMILES string of the molecule is C[C@H]1Sc2ccc(S(=O)(=O)N3CCC(C(=O)Nc4ccc(F)cc4)CC3)cc2NC1=O. The van der Waals surface area contributed by atoms with Crippen LogP contribution in [0.3, 0.4) is 0 Å². The Hall–Kier alpha value is -2.43. The van der Waals surface area contributed by atoms with Gasteiger partial charge in [-0.2, -0.15) is 4.31 Å². The van der Waals surface area contributed by atoms with E-state index in [-0.39, 0.29) is 46.8 Å². The van der Waals surface area contributed by atoms with Gasteiger partial charge in [0, 0.05) is 29.6 Å². The number of sulfonamides is 1. The number of benzene rings is 2. The van der Waals surface area contributed by atoms with Crippen molar-refractivity contribution < 1.29 is 22.4 Å². The lowest BCUT2D eigenvalue weighted by Crippen LogP contribution is -2.41. The van der Waals surface area contributed by atoms with Crippen molar-refractivity contribution in [3.05, 3.63) is 48.3 Å². The third-order valence-corrected chi connectivity index (χ3v) is 8.53. The topological polar surface area (TPSA) is 95.6 Å². The Balaban J connectivity index is 1.41. The predicted octanol–water partition coefficient (Wildman–Crippen LogP) is 3.30. The highest BCUT2D eigenvalue weighted by Crippen LogP contribution is 2.37. The molecular formula is C21H22FN3O4S2. The summed E-state index contributed by atoms with van der Waals surface area (Å²) in [5.74, 6) is -1.06. The minimum Gasteiger partial charge on any atom is -0.326 e. The first-order chi connectivity index (χ1) is 14.7. The summed E-state index contributed by atoms with van der Waals surface area (Å²) in [6.45, 7) is 2.24. The van der Waals surface area contributed by atoms with Gasteiger partial charge >= 0.3 is 0 Å². The van der Waals surface area contributed by atoms with Gasteiger partial charge in [-0.3, -0.25) is 9.59 Å². The summed E-state index contributed by atoms with van der Waals surface area (Å²) in [6, 6.07) is 10.3. The van der Waals surface area contributed by atoms with Crippen molar-refractivity contribution in [1.29, 1.82) is 0 Å². The smallest absolute Gasteiger partial charge is 0.243 e. The average Bonchev–Trinajstić information content (AvgIpc) is 2.76. The number of hydrogen-bond donors (Lipinski definition) is 2. The summed E-state index contributed by atoms with van der Waals surface area (Å²) in [5, 5.41) is 5.28. The number of carbonyl (C=O) groups excluding carboxylic acids is 2. The van der Waals surface area contributed by atoms with E-state index in [2.05, 4.69) is 10.6 Å². The fraction of sp³-hybridized carbons (Fsp3) is 0.333. The van der Waals surface area contributed by atoms with E-state index in [1.165, 1.54) is 46.4 Å². The molecule has 0 saturated carbocycles. The first-order valence-electron chi connectivity index (χ1n) is 9.92. The molecule has 2 heterocycles. The number of carbonyl (C=O) groups is 2. The molecule has 2 amide bonds. The second kappa shape index (κ2) is 8.60. The zero-order chi connectivity index (χ0) is 22.2. The molecule has 0 aromatic heterocycles. The summed E-state index contributed by atoms with van der Waals surface area (Å²) in [5.41, 5.74) is 1.01. The van der Waals surface area contributed by atoms with E-state index < -0.39 is 10.0 Å². The van der Waals surface area contributed by atoms with E-state index in [0.717, 1.165) is 4.90 Å². The van der Waals surface area contributed by atoms with Crippen LogP contribution < -0.4 is 10.6 Å². The number of amides is 2. The number of thioether (sulfide) groups is 1. The molecule has 2 aliphatic heterocycles. The lowest BCUT2D eigenvalue weighted by molar-refractivity contribution is -0.121. The zero-order valence-electron chi connectivity index (χ0n) is 16.8. The first kappa shape index (κ1) is 21.8. The van der Waals surface area contributed by atoms with E-state index >= 15 is 0 Å². The summed E-state index contributed by atoms with van der Waals surface area (Å²) in [4.78, 5) is 25.4. The van der Waals surface area contributed by atoms with Crippen molar-refractivity contribution in [3.63, 3.8) is 0 Å². The van der Waals surface area contributed by atoms with Gasteiger partial charge in [-0.15, -0.1) is 11.8 Å². The van der Waals surface area contributed by atoms with E-state index in [0.29, 0.717) is 24.2 Å². The molecule has 164 valence electrons. The van der Waals surface area contributed by atoms with Crippen LogP contribution >= 0.6 is 11.8 Å². The normalized spacial score (nSPS) is 20.1. The number of rotatable bonds is 4. The van der Waals surface area contributed by atoms with Crippen molar-refractivity contribution >= 4 is 45.0 Å². The van der Waals surface area contributed by atoms with Gasteiger partial charge in [0.1, 0.15) is 5.82 Å². The Morgan fingerprint density at radius 1 is 1.16 bits per heavy atom. The highest BCUT2D eigenvalue weighted by molar-refractivity contribution is 8.01. The van der Waals surface area contributed by atoms with E-state index in [1.54, 1.807) is 19.1 Å². The number of piperidine rings is 1. The Morgan fingerprint density at radius 3 is 2.52 bits per heavy atom. The number of nitrogens with one attached hydrogen (secondary N) is 2. The molecule has 0 radical (unpaired) electrons. The average molecular weight is 464 g/mol. The third kappa shape index (κ3) is 4.60. The maximum atomic E-state index is 13.1. The molecule has 4 rings (SSSR count). The predicted molar refractivity (Wildman–Crippen MR) is 117 cm³/mol. The van der Waals surface area contributed by atoms with Crippen LogP contribution in [0.1, 0.15) is 19.8 Å². The molecule has 1 atom stereocenters. The minimum atomic E-state index is -3.74. The van der Waals surface area contributed by atoms with E-state index in [4.69, 9.17) is 0 Å². The standard InChI is InChI=1S/C21H22FN3O4S2/c1-13-20(26)24-18-12-17(6-7-19(18)30-13)31(28,29)25-10-8-14(9-11-25)21(27)23-16-4-2-15(22)3-5-16/h2-7,12-14H,8-11H2,1H3,(H,23,27)(H,24,26)/t13-/m1/s1. The van der Waals surface area contributed by atoms with Gasteiger partial charge in [0.25, 0.3) is 0 Å². The molecule has 0 bridgehead atoms. The number of hydrogen-bond acceptors (Lipinski definition) is 5. The molecule has 1 saturated heterocycles. The van der Waals surface area contributed by atoms with Crippen molar-refractivity contribution in [2.75, 3.05) is 23.7 Å². The number of nitrogens with zero attached hydrogens (tertiary/aromatic N) is 1. The summed E-state index contributed by atoms with van der Waals surface area (Å²) >= 11 is 1.39. The molecule has 7 nitrogen and oxygen atoms in total. The van der Waals surface area contributed by atoms with Crippen molar-refractivity contribution in [1.82, 2.24) is 4.31 Å². The number of fused-ring (bicyclic) bond motifs is 1. The molecule has 10 heteroatoms. The molecule has 2 aromatic carbocycles. The maximum Gasteiger partial charge on any atom is 0.243 e. The highest BCUT2D eigenvalue weighted by Gasteiger charge is 2.33. The number of anilines is 2. The van der Waals surface area contributed by atoms with Crippen LogP contribution in [-0.2, 0) is 19.6 Å². The fourth-order valence-electron chi connectivity index (χ4n) is 3.63. The lowest BCUT2D eigenvalue weighted by Gasteiger charge is -2.31. The zero-order valence-corrected chi connectivity index (χ0v) is 18.4. The van der Waals surface area contributed by atoms with Crippen LogP contribution in [-0.4, -0.2) is 42.9 Å². The van der Waals surface area contributed by atoms with E-state index in [1.807, 2.05) is 0 Å². The van der Waals surface area contributed by atoms with Gasteiger partial charge in [-0.1, -0.05) is 0 Å². The quantitative estimate of drug-likeness (QED) is 0.726. The first-order valence-corrected chi connectivity index (χ1v) is 12.2. The van der Waals surface area contributed by atoms with Gasteiger partial charge in [0.05, 0.1) is 15.8 Å². The van der Waals surface area contributed by atoms with Crippen molar-refractivity contribution in [3.8, 4) is 0 Å². The van der Waals surface area contributed by atoms with Gasteiger partial charge in [-0.25, -0.2) is 12.8 Å². The van der Waals surface area contributed by atoms with Crippen LogP contribution in [0, 0.1) is 11.7 Å². The van der Waals surface area contributed by atoms with Crippen LogP contribution in [0.5, 0.6) is 0 Å². The largest absolute Gasteiger partial charge is 0.326 e. The third-order valence-electron chi connectivity index (χ3n) is 5.46. The van der Waals surface area contributed by atoms with Crippen LogP contribution in [0.25, 0.3) is 0 Å². The van der Waals surface area contributed by atoms with Gasteiger partial charge in [-0.05, 0) is 62.2 Å². The summed E-state index contributed by atoms with van der Waals surface area (Å²) < 4.78 is 40.6. The molecule has 2 aromatic rings. The molecule has 0 unspecified atom stereocenters. The van der Waals surface area contributed by atoms with Crippen LogP contribution in [0.2, 0.25) is 0 Å². The Kier molecular flexibility index (Phi) is 6.05. The number of halogens is 1. The molecular weight excluding hydrogens is 441 g/mol. The molecule has 2 aliphatic rings. The summed E-state index contributed by atoms with van der Waals surface area (Å²) in [7, 11) is -3.74. The Labute approximate surface area is 184 Å². The van der Waals surface area contributed by atoms with Gasteiger partial charge in [0.15, 0.2) is 0 Å². The second-order valence-corrected chi connectivity index (χ2v) is 10.9. The maximum absolute atomic E-state index is 13.1. The van der Waals surface area contributed by atoms with Gasteiger partial charge in [0.2, 0.25) is 21.8 Å². The minimum absolute atomic E-state index is 0.121. The Morgan fingerprint density at radius 2 is 1.84 bits per heavy atom. The van der Waals surface area contributed by atoms with E-state index in [9.17, 15) is 22.4 Å². The fourth-order valence-corrected chi connectivity index (χ4v) is 6.06. The molecule has 0 spiro atoms. The second-order valence-electron chi connectivity index (χ2n) is 7.58. The molecule has 31 heavy (non-hydrogen) atoms. The molecule has 0 aliphatic carbocycles. The monoisotopic (exact) mass is 463 g/mol. The Bertz CT molecular complexity index is 1110.